The average molecular weight is 306 g/mol. The molecule has 0 bridgehead atoms. The van der Waals surface area contributed by atoms with Crippen LogP contribution in [0.5, 0.6) is 0 Å². The Bertz CT molecular complexity index is 523. The molecular formula is C16H20BrN. The van der Waals surface area contributed by atoms with Crippen molar-refractivity contribution < 1.29 is 0 Å². The summed E-state index contributed by atoms with van der Waals surface area (Å²) in [6, 6.07) is 8.59. The molecule has 0 fully saturated rings. The first-order valence-electron chi connectivity index (χ1n) is 6.44. The average Bonchev–Trinajstić information content (AvgIpc) is 2.34. The standard InChI is InChI=1S/C16H20BrN/c1-16(2,3)15(17)8-7-12-5-4-6-13-11-18-10-9-14(12)13/h4-6,9-11,15H,7-8H2,1-3H3. The Morgan fingerprint density at radius 3 is 2.72 bits per heavy atom. The summed E-state index contributed by atoms with van der Waals surface area (Å²) in [6.45, 7) is 6.83. The van der Waals surface area contributed by atoms with Crippen molar-refractivity contribution in [1.82, 2.24) is 4.98 Å². The van der Waals surface area contributed by atoms with E-state index in [0.29, 0.717) is 10.2 Å². The summed E-state index contributed by atoms with van der Waals surface area (Å²) >= 11 is 3.81. The lowest BCUT2D eigenvalue weighted by Gasteiger charge is -2.25. The number of alkyl halides is 1. The van der Waals surface area contributed by atoms with Gasteiger partial charge in [0.05, 0.1) is 0 Å². The number of hydrogen-bond donors (Lipinski definition) is 0. The number of benzene rings is 1. The molecule has 2 rings (SSSR count). The highest BCUT2D eigenvalue weighted by atomic mass is 79.9. The van der Waals surface area contributed by atoms with Gasteiger partial charge in [-0.2, -0.15) is 0 Å². The molecule has 1 atom stereocenters. The highest BCUT2D eigenvalue weighted by Crippen LogP contribution is 2.30. The highest BCUT2D eigenvalue weighted by Gasteiger charge is 2.21. The van der Waals surface area contributed by atoms with Gasteiger partial charge in [0.15, 0.2) is 0 Å². The van der Waals surface area contributed by atoms with Crippen LogP contribution >= 0.6 is 15.9 Å². The van der Waals surface area contributed by atoms with E-state index in [-0.39, 0.29) is 0 Å². The lowest BCUT2D eigenvalue weighted by Crippen LogP contribution is -2.20. The van der Waals surface area contributed by atoms with Crippen LogP contribution in [-0.2, 0) is 6.42 Å². The van der Waals surface area contributed by atoms with Gasteiger partial charge in [0.25, 0.3) is 0 Å². The van der Waals surface area contributed by atoms with Crippen LogP contribution in [0.3, 0.4) is 0 Å². The Balaban J connectivity index is 2.18. The van der Waals surface area contributed by atoms with Crippen molar-refractivity contribution in [3.05, 3.63) is 42.2 Å². The Kier molecular flexibility index (Phi) is 4.06. The Hall–Kier alpha value is -0.890. The molecule has 0 saturated heterocycles. The molecule has 0 aliphatic carbocycles. The van der Waals surface area contributed by atoms with E-state index >= 15 is 0 Å². The summed E-state index contributed by atoms with van der Waals surface area (Å²) in [5, 5.41) is 2.57. The summed E-state index contributed by atoms with van der Waals surface area (Å²) in [7, 11) is 0. The molecule has 1 heterocycles. The zero-order valence-electron chi connectivity index (χ0n) is 11.3. The Morgan fingerprint density at radius 1 is 1.22 bits per heavy atom. The van der Waals surface area contributed by atoms with Gasteiger partial charge in [-0.05, 0) is 35.3 Å². The van der Waals surface area contributed by atoms with Crippen LogP contribution in [-0.4, -0.2) is 9.81 Å². The third-order valence-corrected chi connectivity index (χ3v) is 5.21. The molecule has 0 N–H and O–H groups in total. The van der Waals surface area contributed by atoms with E-state index in [1.807, 2.05) is 12.4 Å². The summed E-state index contributed by atoms with van der Waals surface area (Å²) < 4.78 is 0. The van der Waals surface area contributed by atoms with E-state index in [9.17, 15) is 0 Å². The van der Waals surface area contributed by atoms with Gasteiger partial charge in [0, 0.05) is 22.6 Å². The van der Waals surface area contributed by atoms with Crippen molar-refractivity contribution >= 4 is 26.7 Å². The number of aryl methyl sites for hydroxylation is 1. The second-order valence-electron chi connectivity index (χ2n) is 5.89. The lowest BCUT2D eigenvalue weighted by molar-refractivity contribution is 0.386. The van der Waals surface area contributed by atoms with Gasteiger partial charge in [-0.1, -0.05) is 54.9 Å². The number of pyridine rings is 1. The van der Waals surface area contributed by atoms with Crippen LogP contribution < -0.4 is 0 Å². The molecule has 1 nitrogen and oxygen atoms in total. The van der Waals surface area contributed by atoms with Gasteiger partial charge in [-0.3, -0.25) is 4.98 Å². The number of fused-ring (bicyclic) bond motifs is 1. The fraction of sp³-hybridized carbons (Fsp3) is 0.438. The predicted molar refractivity (Wildman–Crippen MR) is 82.2 cm³/mol. The normalized spacial score (nSPS) is 13.8. The molecule has 1 unspecified atom stereocenters. The quantitative estimate of drug-likeness (QED) is 0.729. The van der Waals surface area contributed by atoms with Crippen LogP contribution in [0.2, 0.25) is 0 Å². The molecule has 0 amide bonds. The third-order valence-electron chi connectivity index (χ3n) is 3.38. The van der Waals surface area contributed by atoms with Gasteiger partial charge in [-0.25, -0.2) is 0 Å². The van der Waals surface area contributed by atoms with E-state index in [2.05, 4.69) is 66.0 Å². The van der Waals surface area contributed by atoms with Crippen LogP contribution in [0.4, 0.5) is 0 Å². The lowest BCUT2D eigenvalue weighted by atomic mass is 9.88. The summed E-state index contributed by atoms with van der Waals surface area (Å²) in [5.74, 6) is 0. The maximum Gasteiger partial charge on any atom is 0.0346 e. The van der Waals surface area contributed by atoms with Gasteiger partial charge in [-0.15, -0.1) is 0 Å². The van der Waals surface area contributed by atoms with E-state index in [0.717, 1.165) is 12.8 Å². The highest BCUT2D eigenvalue weighted by molar-refractivity contribution is 9.09. The number of halogens is 1. The van der Waals surface area contributed by atoms with E-state index in [4.69, 9.17) is 0 Å². The molecule has 1 aromatic heterocycles. The molecular weight excluding hydrogens is 286 g/mol. The number of nitrogens with zero attached hydrogens (tertiary/aromatic N) is 1. The van der Waals surface area contributed by atoms with Crippen molar-refractivity contribution in [3.8, 4) is 0 Å². The van der Waals surface area contributed by atoms with Crippen LogP contribution in [0, 0.1) is 5.41 Å². The first-order valence-corrected chi connectivity index (χ1v) is 7.36. The van der Waals surface area contributed by atoms with Gasteiger partial charge in [0.2, 0.25) is 0 Å². The van der Waals surface area contributed by atoms with Gasteiger partial charge < -0.3 is 0 Å². The van der Waals surface area contributed by atoms with Crippen LogP contribution in [0.15, 0.2) is 36.7 Å². The van der Waals surface area contributed by atoms with Crippen molar-refractivity contribution in [2.24, 2.45) is 5.41 Å². The zero-order chi connectivity index (χ0) is 13.2. The molecule has 2 heteroatoms. The van der Waals surface area contributed by atoms with Crippen LogP contribution in [0.1, 0.15) is 32.8 Å². The molecule has 0 aliphatic rings. The van der Waals surface area contributed by atoms with Crippen molar-refractivity contribution in [3.63, 3.8) is 0 Å². The molecule has 96 valence electrons. The molecule has 0 saturated carbocycles. The SMILES string of the molecule is CC(C)(C)C(Br)CCc1cccc2cnccc12. The Morgan fingerprint density at radius 2 is 2.00 bits per heavy atom. The second-order valence-corrected chi connectivity index (χ2v) is 6.99. The molecule has 0 radical (unpaired) electrons. The summed E-state index contributed by atoms with van der Waals surface area (Å²) in [6.07, 6.45) is 6.08. The minimum atomic E-state index is 0.312. The summed E-state index contributed by atoms with van der Waals surface area (Å²) in [5.41, 5.74) is 1.73. The second kappa shape index (κ2) is 5.40. The largest absolute Gasteiger partial charge is 0.264 e. The minimum absolute atomic E-state index is 0.312. The van der Waals surface area contributed by atoms with Crippen molar-refractivity contribution in [2.75, 3.05) is 0 Å². The first-order chi connectivity index (χ1) is 8.48. The van der Waals surface area contributed by atoms with Crippen molar-refractivity contribution in [1.29, 1.82) is 0 Å². The summed E-state index contributed by atoms with van der Waals surface area (Å²) in [4.78, 5) is 4.72. The van der Waals surface area contributed by atoms with E-state index < -0.39 is 0 Å². The monoisotopic (exact) mass is 305 g/mol. The van der Waals surface area contributed by atoms with Gasteiger partial charge in [0.1, 0.15) is 0 Å². The fourth-order valence-corrected chi connectivity index (χ4v) is 2.35. The Labute approximate surface area is 118 Å². The predicted octanol–water partition coefficient (Wildman–Crippen LogP) is 4.98. The molecule has 0 aliphatic heterocycles. The number of hydrogen-bond acceptors (Lipinski definition) is 1. The molecule has 18 heavy (non-hydrogen) atoms. The van der Waals surface area contributed by atoms with Crippen molar-refractivity contribution in [2.45, 2.75) is 38.4 Å². The van der Waals surface area contributed by atoms with E-state index in [1.54, 1.807) is 0 Å². The topological polar surface area (TPSA) is 12.9 Å². The molecule has 2 aromatic rings. The minimum Gasteiger partial charge on any atom is -0.264 e. The maximum absolute atomic E-state index is 4.18. The molecule has 1 aromatic carbocycles. The van der Waals surface area contributed by atoms with Crippen LogP contribution in [0.25, 0.3) is 10.8 Å². The number of rotatable bonds is 3. The van der Waals surface area contributed by atoms with E-state index in [1.165, 1.54) is 16.3 Å². The van der Waals surface area contributed by atoms with Gasteiger partial charge >= 0.3 is 0 Å². The molecule has 0 spiro atoms. The first kappa shape index (κ1) is 13.5. The third kappa shape index (κ3) is 3.11. The smallest absolute Gasteiger partial charge is 0.0346 e. The number of aromatic nitrogens is 1. The maximum atomic E-state index is 4.18. The zero-order valence-corrected chi connectivity index (χ0v) is 12.9. The fourth-order valence-electron chi connectivity index (χ4n) is 2.12.